The summed E-state index contributed by atoms with van der Waals surface area (Å²) in [5.41, 5.74) is 0.323. The second kappa shape index (κ2) is 10.4. The Hall–Kier alpha value is -1.21. The fraction of sp³-hybridized carbons (Fsp3) is 0.619. The Morgan fingerprint density at radius 1 is 1.15 bits per heavy atom. The Bertz CT molecular complexity index is 882. The summed E-state index contributed by atoms with van der Waals surface area (Å²) in [6.07, 6.45) is -5.18. The van der Waals surface area contributed by atoms with E-state index in [1.807, 2.05) is 0 Å². The summed E-state index contributed by atoms with van der Waals surface area (Å²) in [6.45, 7) is 2.08. The minimum absolute atomic E-state index is 0.277. The molecule has 1 aromatic carbocycles. The van der Waals surface area contributed by atoms with E-state index < -0.39 is 70.7 Å². The van der Waals surface area contributed by atoms with Crippen molar-refractivity contribution in [1.29, 1.82) is 0 Å². The van der Waals surface area contributed by atoms with Gasteiger partial charge in [0.05, 0.1) is 24.3 Å². The maximum Gasteiger partial charge on any atom is 0.338 e. The lowest BCUT2D eigenvalue weighted by molar-refractivity contribution is -0.310. The van der Waals surface area contributed by atoms with Crippen LogP contribution in [0.1, 0.15) is 30.6 Å². The summed E-state index contributed by atoms with van der Waals surface area (Å²) >= 11 is 17.0. The van der Waals surface area contributed by atoms with Gasteiger partial charge in [0.2, 0.25) is 0 Å². The number of halogens is 3. The van der Waals surface area contributed by atoms with Gasteiger partial charge >= 0.3 is 5.97 Å². The first kappa shape index (κ1) is 27.4. The van der Waals surface area contributed by atoms with Crippen LogP contribution >= 0.6 is 34.8 Å². The van der Waals surface area contributed by atoms with Crippen molar-refractivity contribution in [3.8, 4) is 0 Å². The molecule has 1 amide bonds. The molecule has 190 valence electrons. The number of alkyl halides is 3. The van der Waals surface area contributed by atoms with Crippen LogP contribution in [0.3, 0.4) is 0 Å². The first-order valence-electron chi connectivity index (χ1n) is 10.4. The van der Waals surface area contributed by atoms with Gasteiger partial charge in [0.1, 0.15) is 24.9 Å². The molecular formula is C21H26Cl3NO9. The van der Waals surface area contributed by atoms with Crippen LogP contribution in [0.4, 0.5) is 0 Å². The molecule has 2 saturated heterocycles. The highest BCUT2D eigenvalue weighted by molar-refractivity contribution is 6.76. The fourth-order valence-corrected chi connectivity index (χ4v) is 4.08. The number of nitrogens with one attached hydrogen (secondary N) is 1. The summed E-state index contributed by atoms with van der Waals surface area (Å²) < 4.78 is 20.5. The molecule has 13 heteroatoms. The molecule has 3 rings (SSSR count). The summed E-state index contributed by atoms with van der Waals surface area (Å²) in [6, 6.07) is 7.05. The Morgan fingerprint density at radius 2 is 1.79 bits per heavy atom. The molecule has 2 aliphatic rings. The van der Waals surface area contributed by atoms with E-state index in [4.69, 9.17) is 53.8 Å². The van der Waals surface area contributed by atoms with E-state index >= 15 is 0 Å². The average molecular weight is 543 g/mol. The SMILES string of the molecule is CC1(C)O[C@H](COC(=O)c2ccccc2)[C@H](C2O[C@](O)(CO)C[C@@H](O)[C@H]2NC(=O)C(Cl)(Cl)Cl)O1. The molecular weight excluding hydrogens is 517 g/mol. The van der Waals surface area contributed by atoms with Gasteiger partial charge in [0.25, 0.3) is 9.70 Å². The Morgan fingerprint density at radius 3 is 2.38 bits per heavy atom. The highest BCUT2D eigenvalue weighted by Crippen LogP contribution is 2.38. The topological polar surface area (TPSA) is 144 Å². The van der Waals surface area contributed by atoms with Crippen molar-refractivity contribution in [2.45, 2.75) is 66.1 Å². The first-order chi connectivity index (χ1) is 15.7. The van der Waals surface area contributed by atoms with Crippen molar-refractivity contribution in [3.05, 3.63) is 35.9 Å². The number of ether oxygens (including phenoxy) is 4. The fourth-order valence-electron chi connectivity index (χ4n) is 3.92. The summed E-state index contributed by atoms with van der Waals surface area (Å²) in [4.78, 5) is 24.7. The predicted octanol–water partition coefficient (Wildman–Crippen LogP) is 1.05. The van der Waals surface area contributed by atoms with E-state index in [0.29, 0.717) is 5.56 Å². The molecule has 6 atom stereocenters. The van der Waals surface area contributed by atoms with Crippen LogP contribution in [-0.4, -0.2) is 86.2 Å². The van der Waals surface area contributed by atoms with Crippen LogP contribution in [0.2, 0.25) is 0 Å². The minimum Gasteiger partial charge on any atom is -0.459 e. The van der Waals surface area contributed by atoms with Gasteiger partial charge in [-0.25, -0.2) is 4.79 Å². The van der Waals surface area contributed by atoms with Crippen molar-refractivity contribution in [2.24, 2.45) is 0 Å². The number of carbonyl (C=O) groups excluding carboxylic acids is 2. The number of hydrogen-bond donors (Lipinski definition) is 4. The third-order valence-electron chi connectivity index (χ3n) is 5.39. The summed E-state index contributed by atoms with van der Waals surface area (Å²) in [5, 5.41) is 33.3. The number of aliphatic hydroxyl groups excluding tert-OH is 2. The second-order valence-electron chi connectivity index (χ2n) is 8.56. The monoisotopic (exact) mass is 541 g/mol. The van der Waals surface area contributed by atoms with Gasteiger partial charge in [0, 0.05) is 6.42 Å². The zero-order valence-electron chi connectivity index (χ0n) is 18.3. The molecule has 0 spiro atoms. The van der Waals surface area contributed by atoms with Crippen molar-refractivity contribution in [1.82, 2.24) is 5.32 Å². The molecule has 1 aromatic rings. The third-order valence-corrected chi connectivity index (χ3v) is 5.90. The van der Waals surface area contributed by atoms with Crippen LogP contribution in [0.15, 0.2) is 30.3 Å². The van der Waals surface area contributed by atoms with Crippen LogP contribution in [0, 0.1) is 0 Å². The molecule has 0 saturated carbocycles. The molecule has 10 nitrogen and oxygen atoms in total. The Labute approximate surface area is 211 Å². The van der Waals surface area contributed by atoms with E-state index in [9.17, 15) is 24.9 Å². The maximum absolute atomic E-state index is 12.4. The van der Waals surface area contributed by atoms with Crippen molar-refractivity contribution in [3.63, 3.8) is 0 Å². The highest BCUT2D eigenvalue weighted by Gasteiger charge is 2.56. The Kier molecular flexibility index (Phi) is 8.39. The predicted molar refractivity (Wildman–Crippen MR) is 120 cm³/mol. The number of benzene rings is 1. The molecule has 2 fully saturated rings. The molecule has 4 N–H and O–H groups in total. The van der Waals surface area contributed by atoms with Gasteiger partial charge in [-0.15, -0.1) is 0 Å². The van der Waals surface area contributed by atoms with Gasteiger partial charge in [-0.05, 0) is 26.0 Å². The second-order valence-corrected chi connectivity index (χ2v) is 10.8. The maximum atomic E-state index is 12.4. The molecule has 0 bridgehead atoms. The highest BCUT2D eigenvalue weighted by atomic mass is 35.6. The molecule has 0 radical (unpaired) electrons. The average Bonchev–Trinajstić information content (AvgIpc) is 3.08. The number of amides is 1. The molecule has 0 aromatic heterocycles. The van der Waals surface area contributed by atoms with Crippen LogP contribution in [0.25, 0.3) is 0 Å². The zero-order chi connectivity index (χ0) is 25.3. The van der Waals surface area contributed by atoms with E-state index in [1.54, 1.807) is 44.2 Å². The molecule has 2 aliphatic heterocycles. The van der Waals surface area contributed by atoms with Crippen molar-refractivity contribution in [2.75, 3.05) is 13.2 Å². The van der Waals surface area contributed by atoms with Crippen LogP contribution in [-0.2, 0) is 23.7 Å². The summed E-state index contributed by atoms with van der Waals surface area (Å²) in [7, 11) is 0. The molecule has 1 unspecified atom stereocenters. The number of aliphatic hydroxyl groups is 3. The normalized spacial score (nSPS) is 33.4. The smallest absolute Gasteiger partial charge is 0.338 e. The van der Waals surface area contributed by atoms with Crippen molar-refractivity contribution >= 4 is 46.7 Å². The van der Waals surface area contributed by atoms with E-state index in [1.165, 1.54) is 0 Å². The number of rotatable bonds is 6. The van der Waals surface area contributed by atoms with Gasteiger partial charge in [-0.1, -0.05) is 53.0 Å². The first-order valence-corrected chi connectivity index (χ1v) is 11.5. The molecule has 34 heavy (non-hydrogen) atoms. The standard InChI is InChI=1S/C21H26Cl3NO9/c1-19(2)32-13(9-31-17(28)11-6-4-3-5-7-11)15(33-19)16-14(25-18(29)21(22,23)24)12(27)8-20(30,10-26)34-16/h3-7,12-16,26-27,30H,8-10H2,1-2H3,(H,25,29)/t12-,13-,14-,15-,16?,20+/m1/s1. The number of carbonyl (C=O) groups is 2. The largest absolute Gasteiger partial charge is 0.459 e. The van der Waals surface area contributed by atoms with Crippen LogP contribution < -0.4 is 5.32 Å². The van der Waals surface area contributed by atoms with Gasteiger partial charge in [-0.2, -0.15) is 0 Å². The minimum atomic E-state index is -2.34. The van der Waals surface area contributed by atoms with E-state index in [2.05, 4.69) is 5.32 Å². The number of esters is 1. The Balaban J connectivity index is 1.84. The lowest BCUT2D eigenvalue weighted by Gasteiger charge is -2.46. The van der Waals surface area contributed by atoms with E-state index in [0.717, 1.165) is 0 Å². The van der Waals surface area contributed by atoms with Gasteiger partial charge < -0.3 is 39.6 Å². The van der Waals surface area contributed by atoms with E-state index in [-0.39, 0.29) is 6.61 Å². The van der Waals surface area contributed by atoms with Crippen LogP contribution in [0.5, 0.6) is 0 Å². The van der Waals surface area contributed by atoms with Gasteiger partial charge in [-0.3, -0.25) is 4.79 Å². The molecule has 2 heterocycles. The number of hydrogen-bond acceptors (Lipinski definition) is 9. The van der Waals surface area contributed by atoms with Gasteiger partial charge in [0.15, 0.2) is 11.6 Å². The van der Waals surface area contributed by atoms with Crippen molar-refractivity contribution < 1.29 is 43.9 Å². The lowest BCUT2D eigenvalue weighted by atomic mass is 9.89. The quantitative estimate of drug-likeness (QED) is 0.306. The zero-order valence-corrected chi connectivity index (χ0v) is 20.6. The third kappa shape index (κ3) is 6.51. The lowest BCUT2D eigenvalue weighted by Crippen LogP contribution is -2.67. The molecule has 0 aliphatic carbocycles. The summed E-state index contributed by atoms with van der Waals surface area (Å²) in [5.74, 6) is -4.98.